The molecule has 0 aromatic heterocycles. The maximum atomic E-state index is 13.0. The Kier molecular flexibility index (Phi) is 4.69. The average Bonchev–Trinajstić information content (AvgIpc) is 2.42. The molecule has 19 heavy (non-hydrogen) atoms. The number of hydrogen-bond donors (Lipinski definition) is 1. The minimum absolute atomic E-state index is 0.178. The highest BCUT2D eigenvalue weighted by Crippen LogP contribution is 2.22. The van der Waals surface area contributed by atoms with E-state index in [2.05, 4.69) is 36.5 Å². The molecule has 2 aromatic rings. The van der Waals surface area contributed by atoms with Crippen LogP contribution in [0, 0.1) is 12.7 Å². The summed E-state index contributed by atoms with van der Waals surface area (Å²) in [5, 5.41) is 3.23. The molecule has 0 fully saturated rings. The monoisotopic (exact) mass is 257 g/mol. The highest BCUT2D eigenvalue weighted by Gasteiger charge is 2.12. The average molecular weight is 257 g/mol. The van der Waals surface area contributed by atoms with Gasteiger partial charge in [-0.2, -0.15) is 0 Å². The summed E-state index contributed by atoms with van der Waals surface area (Å²) < 4.78 is 13.0. The molecule has 0 radical (unpaired) electrons. The number of aryl methyl sites for hydroxylation is 1. The number of likely N-dealkylation sites (N-methyl/N-ethyl adjacent to an activating group) is 1. The summed E-state index contributed by atoms with van der Waals surface area (Å²) in [4.78, 5) is 0. The molecule has 0 aliphatic heterocycles. The molecule has 0 bridgehead atoms. The maximum Gasteiger partial charge on any atom is 0.123 e. The number of benzene rings is 2. The molecule has 1 N–H and O–H groups in total. The highest BCUT2D eigenvalue weighted by molar-refractivity contribution is 5.30. The van der Waals surface area contributed by atoms with E-state index in [0.29, 0.717) is 5.92 Å². The second-order valence-corrected chi connectivity index (χ2v) is 4.94. The molecule has 2 rings (SSSR count). The summed E-state index contributed by atoms with van der Waals surface area (Å²) in [5.41, 5.74) is 3.84. The maximum absolute atomic E-state index is 13.0. The Labute approximate surface area is 114 Å². The van der Waals surface area contributed by atoms with E-state index in [9.17, 15) is 4.39 Å². The van der Waals surface area contributed by atoms with Crippen LogP contribution in [0.1, 0.15) is 22.6 Å². The third-order valence-corrected chi connectivity index (χ3v) is 3.52. The van der Waals surface area contributed by atoms with Gasteiger partial charge in [-0.1, -0.05) is 36.4 Å². The van der Waals surface area contributed by atoms with E-state index in [4.69, 9.17) is 0 Å². The zero-order valence-corrected chi connectivity index (χ0v) is 11.5. The second kappa shape index (κ2) is 6.48. The summed E-state index contributed by atoms with van der Waals surface area (Å²) in [6.07, 6.45) is 0.971. The molecule has 0 heterocycles. The van der Waals surface area contributed by atoms with Crippen molar-refractivity contribution in [2.24, 2.45) is 0 Å². The van der Waals surface area contributed by atoms with Gasteiger partial charge >= 0.3 is 0 Å². The van der Waals surface area contributed by atoms with Gasteiger partial charge in [0.05, 0.1) is 0 Å². The zero-order valence-electron chi connectivity index (χ0n) is 11.5. The van der Waals surface area contributed by atoms with Crippen LogP contribution in [-0.2, 0) is 6.42 Å². The van der Waals surface area contributed by atoms with Crippen LogP contribution in [0.4, 0.5) is 4.39 Å². The minimum atomic E-state index is -0.178. The lowest BCUT2D eigenvalue weighted by Crippen LogP contribution is -2.19. The first-order valence-corrected chi connectivity index (χ1v) is 6.65. The lowest BCUT2D eigenvalue weighted by molar-refractivity contribution is 0.610. The third-order valence-electron chi connectivity index (χ3n) is 3.52. The van der Waals surface area contributed by atoms with Gasteiger partial charge in [0, 0.05) is 12.5 Å². The molecule has 100 valence electrons. The van der Waals surface area contributed by atoms with E-state index in [-0.39, 0.29) is 5.82 Å². The van der Waals surface area contributed by atoms with Gasteiger partial charge in [0.25, 0.3) is 0 Å². The van der Waals surface area contributed by atoms with Crippen molar-refractivity contribution in [2.75, 3.05) is 13.6 Å². The SMILES string of the molecule is CNCC(Cc1ccccc1C)c1ccc(F)cc1. The lowest BCUT2D eigenvalue weighted by atomic mass is 9.90. The van der Waals surface area contributed by atoms with Gasteiger partial charge in [0.1, 0.15) is 5.82 Å². The Hall–Kier alpha value is -1.67. The summed E-state index contributed by atoms with van der Waals surface area (Å²) in [6.45, 7) is 3.02. The molecule has 0 aliphatic rings. The van der Waals surface area contributed by atoms with Crippen molar-refractivity contribution in [1.29, 1.82) is 0 Å². The smallest absolute Gasteiger partial charge is 0.123 e. The first-order chi connectivity index (χ1) is 9.20. The van der Waals surface area contributed by atoms with Crippen molar-refractivity contribution in [1.82, 2.24) is 5.32 Å². The van der Waals surface area contributed by atoms with Gasteiger partial charge in [-0.3, -0.25) is 0 Å². The highest BCUT2D eigenvalue weighted by atomic mass is 19.1. The molecule has 0 amide bonds. The van der Waals surface area contributed by atoms with E-state index >= 15 is 0 Å². The molecular weight excluding hydrogens is 237 g/mol. The van der Waals surface area contributed by atoms with Crippen molar-refractivity contribution >= 4 is 0 Å². The number of hydrogen-bond acceptors (Lipinski definition) is 1. The topological polar surface area (TPSA) is 12.0 Å². The number of rotatable bonds is 5. The normalized spacial score (nSPS) is 12.4. The van der Waals surface area contributed by atoms with Gasteiger partial charge in [-0.15, -0.1) is 0 Å². The molecule has 0 saturated heterocycles. The zero-order chi connectivity index (χ0) is 13.7. The van der Waals surface area contributed by atoms with Gasteiger partial charge in [-0.05, 0) is 49.2 Å². The Balaban J connectivity index is 2.21. The van der Waals surface area contributed by atoms with Crippen molar-refractivity contribution in [2.45, 2.75) is 19.3 Å². The molecule has 1 unspecified atom stereocenters. The Morgan fingerprint density at radius 3 is 2.37 bits per heavy atom. The largest absolute Gasteiger partial charge is 0.319 e. The Bertz CT molecular complexity index is 519. The fourth-order valence-corrected chi connectivity index (χ4v) is 2.39. The van der Waals surface area contributed by atoms with Crippen LogP contribution in [0.25, 0.3) is 0 Å². The second-order valence-electron chi connectivity index (χ2n) is 4.94. The lowest BCUT2D eigenvalue weighted by Gasteiger charge is -2.18. The molecular formula is C17H20FN. The van der Waals surface area contributed by atoms with Crippen LogP contribution in [0.2, 0.25) is 0 Å². The number of halogens is 1. The van der Waals surface area contributed by atoms with Crippen molar-refractivity contribution < 1.29 is 4.39 Å². The van der Waals surface area contributed by atoms with Crippen LogP contribution < -0.4 is 5.32 Å². The molecule has 2 aromatic carbocycles. The molecule has 0 spiro atoms. The summed E-state index contributed by atoms with van der Waals surface area (Å²) >= 11 is 0. The van der Waals surface area contributed by atoms with Crippen LogP contribution in [0.5, 0.6) is 0 Å². The predicted octanol–water partition coefficient (Wildman–Crippen LogP) is 3.68. The first-order valence-electron chi connectivity index (χ1n) is 6.65. The minimum Gasteiger partial charge on any atom is -0.319 e. The van der Waals surface area contributed by atoms with Crippen LogP contribution in [0.3, 0.4) is 0 Å². The fourth-order valence-electron chi connectivity index (χ4n) is 2.39. The Morgan fingerprint density at radius 1 is 1.05 bits per heavy atom. The summed E-state index contributed by atoms with van der Waals surface area (Å²) in [6, 6.07) is 15.3. The summed E-state index contributed by atoms with van der Waals surface area (Å²) in [7, 11) is 1.95. The standard InChI is InChI=1S/C17H20FN/c1-13-5-3-4-6-15(13)11-16(12-19-2)14-7-9-17(18)10-8-14/h3-10,16,19H,11-12H2,1-2H3. The van der Waals surface area contributed by atoms with Gasteiger partial charge < -0.3 is 5.32 Å². The molecule has 1 nitrogen and oxygen atoms in total. The Morgan fingerprint density at radius 2 is 1.74 bits per heavy atom. The fraction of sp³-hybridized carbons (Fsp3) is 0.294. The molecule has 2 heteroatoms. The van der Waals surface area contributed by atoms with E-state index < -0.39 is 0 Å². The molecule has 0 saturated carbocycles. The quantitative estimate of drug-likeness (QED) is 0.861. The van der Waals surface area contributed by atoms with Crippen molar-refractivity contribution in [3.63, 3.8) is 0 Å². The van der Waals surface area contributed by atoms with E-state index in [1.165, 1.54) is 28.8 Å². The first kappa shape index (κ1) is 13.8. The predicted molar refractivity (Wildman–Crippen MR) is 78.0 cm³/mol. The van der Waals surface area contributed by atoms with Gasteiger partial charge in [0.15, 0.2) is 0 Å². The van der Waals surface area contributed by atoms with Crippen molar-refractivity contribution in [3.05, 3.63) is 71.0 Å². The van der Waals surface area contributed by atoms with Crippen LogP contribution >= 0.6 is 0 Å². The van der Waals surface area contributed by atoms with Gasteiger partial charge in [-0.25, -0.2) is 4.39 Å². The third kappa shape index (κ3) is 3.65. The van der Waals surface area contributed by atoms with Crippen molar-refractivity contribution in [3.8, 4) is 0 Å². The molecule has 1 atom stereocenters. The molecule has 0 aliphatic carbocycles. The summed E-state index contributed by atoms with van der Waals surface area (Å²) in [5.74, 6) is 0.189. The van der Waals surface area contributed by atoms with E-state index in [0.717, 1.165) is 13.0 Å². The number of nitrogens with one attached hydrogen (secondary N) is 1. The van der Waals surface area contributed by atoms with E-state index in [1.54, 1.807) is 0 Å². The van der Waals surface area contributed by atoms with Crippen LogP contribution in [0.15, 0.2) is 48.5 Å². The van der Waals surface area contributed by atoms with Gasteiger partial charge in [0.2, 0.25) is 0 Å². The van der Waals surface area contributed by atoms with Crippen LogP contribution in [-0.4, -0.2) is 13.6 Å². The van der Waals surface area contributed by atoms with E-state index in [1.807, 2.05) is 19.2 Å².